The average Bonchev–Trinajstić information content (AvgIpc) is 2.80. The Morgan fingerprint density at radius 3 is 2.95 bits per heavy atom. The van der Waals surface area contributed by atoms with E-state index in [1.165, 1.54) is 19.2 Å². The Morgan fingerprint density at radius 2 is 2.30 bits per heavy atom. The van der Waals surface area contributed by atoms with E-state index in [9.17, 15) is 9.18 Å². The molecule has 0 spiro atoms. The minimum absolute atomic E-state index is 0.251. The fourth-order valence-corrected chi connectivity index (χ4v) is 2.77. The molecule has 0 radical (unpaired) electrons. The van der Waals surface area contributed by atoms with Crippen LogP contribution in [0.5, 0.6) is 0 Å². The summed E-state index contributed by atoms with van der Waals surface area (Å²) in [5, 5.41) is 3.17. The van der Waals surface area contributed by atoms with Gasteiger partial charge in [0.25, 0.3) is 0 Å². The number of carbonyl (C=O) groups is 1. The van der Waals surface area contributed by atoms with Crippen LogP contribution in [0.2, 0.25) is 0 Å². The molecule has 0 fully saturated rings. The maximum Gasteiger partial charge on any atom is 0.327 e. The largest absolute Gasteiger partial charge is 0.468 e. The number of rotatable bonds is 5. The van der Waals surface area contributed by atoms with Crippen LogP contribution >= 0.6 is 0 Å². The van der Waals surface area contributed by atoms with Crippen molar-refractivity contribution in [3.63, 3.8) is 0 Å². The number of methoxy groups -OCH3 is 1. The van der Waals surface area contributed by atoms with Crippen LogP contribution in [0.15, 0.2) is 18.2 Å². The van der Waals surface area contributed by atoms with E-state index < -0.39 is 5.54 Å². The molecule has 1 aliphatic heterocycles. The minimum atomic E-state index is -0.794. The quantitative estimate of drug-likeness (QED) is 0.834. The van der Waals surface area contributed by atoms with E-state index in [2.05, 4.69) is 5.32 Å². The topological polar surface area (TPSA) is 41.6 Å². The highest BCUT2D eigenvalue weighted by Crippen LogP contribution is 2.30. The predicted molar refractivity (Wildman–Crippen MR) is 76.4 cm³/mol. The Balaban J connectivity index is 2.22. The van der Waals surface area contributed by atoms with Crippen molar-refractivity contribution in [2.75, 3.05) is 31.6 Å². The van der Waals surface area contributed by atoms with Gasteiger partial charge in [0, 0.05) is 18.8 Å². The lowest BCUT2D eigenvalue weighted by atomic mass is 10.0. The first-order valence-electron chi connectivity index (χ1n) is 6.87. The summed E-state index contributed by atoms with van der Waals surface area (Å²) in [7, 11) is 1.38. The van der Waals surface area contributed by atoms with Crippen molar-refractivity contribution in [1.29, 1.82) is 0 Å². The third-order valence-electron chi connectivity index (χ3n) is 3.75. The number of hydrogen-bond acceptors (Lipinski definition) is 4. The number of ether oxygens (including phenoxy) is 1. The van der Waals surface area contributed by atoms with Gasteiger partial charge in [-0.05, 0) is 37.6 Å². The van der Waals surface area contributed by atoms with Gasteiger partial charge in [-0.25, -0.2) is 9.18 Å². The molecule has 0 aliphatic carbocycles. The molecule has 1 atom stereocenters. The Hall–Kier alpha value is -1.62. The summed E-state index contributed by atoms with van der Waals surface area (Å²) in [5.41, 5.74) is 1.20. The maximum absolute atomic E-state index is 13.4. The van der Waals surface area contributed by atoms with Gasteiger partial charge < -0.3 is 15.0 Å². The first kappa shape index (κ1) is 14.8. The second-order valence-corrected chi connectivity index (χ2v) is 5.30. The normalized spacial score (nSPS) is 16.7. The number of carbonyl (C=O) groups excluding carboxylic acids is 1. The molecular formula is C15H21FN2O2. The molecule has 4 nitrogen and oxygen atoms in total. The molecule has 1 aromatic rings. The SMILES string of the molecule is CCNC(C)(CN1CCc2ccc(F)cc21)C(=O)OC. The summed E-state index contributed by atoms with van der Waals surface area (Å²) in [6, 6.07) is 4.82. The molecular weight excluding hydrogens is 259 g/mol. The number of hydrogen-bond donors (Lipinski definition) is 1. The number of likely N-dealkylation sites (N-methyl/N-ethyl adjacent to an activating group) is 1. The smallest absolute Gasteiger partial charge is 0.327 e. The lowest BCUT2D eigenvalue weighted by Crippen LogP contribution is -2.57. The van der Waals surface area contributed by atoms with Gasteiger partial charge in [-0.3, -0.25) is 0 Å². The van der Waals surface area contributed by atoms with Crippen LogP contribution in [0.3, 0.4) is 0 Å². The zero-order valence-electron chi connectivity index (χ0n) is 12.2. The molecule has 110 valence electrons. The third kappa shape index (κ3) is 2.77. The maximum atomic E-state index is 13.4. The van der Waals surface area contributed by atoms with Crippen molar-refractivity contribution in [3.05, 3.63) is 29.6 Å². The fraction of sp³-hybridized carbons (Fsp3) is 0.533. The second kappa shape index (κ2) is 5.79. The van der Waals surface area contributed by atoms with Crippen LogP contribution in [-0.4, -0.2) is 38.3 Å². The number of anilines is 1. The van der Waals surface area contributed by atoms with Crippen LogP contribution in [0.25, 0.3) is 0 Å². The van der Waals surface area contributed by atoms with Crippen molar-refractivity contribution in [2.24, 2.45) is 0 Å². The van der Waals surface area contributed by atoms with E-state index >= 15 is 0 Å². The van der Waals surface area contributed by atoms with E-state index in [4.69, 9.17) is 4.74 Å². The van der Waals surface area contributed by atoms with Crippen molar-refractivity contribution in [2.45, 2.75) is 25.8 Å². The molecule has 0 bridgehead atoms. The molecule has 1 unspecified atom stereocenters. The molecule has 1 N–H and O–H groups in total. The van der Waals surface area contributed by atoms with Crippen LogP contribution in [0, 0.1) is 5.82 Å². The summed E-state index contributed by atoms with van der Waals surface area (Å²) in [6.07, 6.45) is 0.874. The number of nitrogens with zero attached hydrogens (tertiary/aromatic N) is 1. The number of benzene rings is 1. The van der Waals surface area contributed by atoms with E-state index in [1.54, 1.807) is 0 Å². The molecule has 1 aromatic carbocycles. The molecule has 0 saturated heterocycles. The van der Waals surface area contributed by atoms with Crippen LogP contribution in [0.4, 0.5) is 10.1 Å². The van der Waals surface area contributed by atoms with Gasteiger partial charge in [0.2, 0.25) is 0 Å². The summed E-state index contributed by atoms with van der Waals surface area (Å²) >= 11 is 0. The lowest BCUT2D eigenvalue weighted by molar-refractivity contribution is -0.147. The average molecular weight is 280 g/mol. The lowest BCUT2D eigenvalue weighted by Gasteiger charge is -2.33. The number of fused-ring (bicyclic) bond motifs is 1. The van der Waals surface area contributed by atoms with Crippen LogP contribution in [-0.2, 0) is 16.0 Å². The molecule has 0 aromatic heterocycles. The van der Waals surface area contributed by atoms with Crippen molar-refractivity contribution in [3.8, 4) is 0 Å². The van der Waals surface area contributed by atoms with Crippen LogP contribution < -0.4 is 10.2 Å². The van der Waals surface area contributed by atoms with Crippen molar-refractivity contribution >= 4 is 11.7 Å². The summed E-state index contributed by atoms with van der Waals surface area (Å²) in [6.45, 7) is 5.68. The zero-order chi connectivity index (χ0) is 14.8. The highest BCUT2D eigenvalue weighted by Gasteiger charge is 2.37. The molecule has 1 aliphatic rings. The monoisotopic (exact) mass is 280 g/mol. The number of nitrogens with one attached hydrogen (secondary N) is 1. The van der Waals surface area contributed by atoms with Gasteiger partial charge in [-0.15, -0.1) is 0 Å². The van der Waals surface area contributed by atoms with Crippen LogP contribution in [0.1, 0.15) is 19.4 Å². The molecule has 2 rings (SSSR count). The predicted octanol–water partition coefficient (Wildman–Crippen LogP) is 1.73. The Kier molecular flexibility index (Phi) is 4.28. The number of halogens is 1. The zero-order valence-corrected chi connectivity index (χ0v) is 12.2. The van der Waals surface area contributed by atoms with E-state index in [1.807, 2.05) is 24.8 Å². The highest BCUT2D eigenvalue weighted by molar-refractivity contribution is 5.81. The highest BCUT2D eigenvalue weighted by atomic mass is 19.1. The summed E-state index contributed by atoms with van der Waals surface area (Å²) in [5.74, 6) is -0.553. The van der Waals surface area contributed by atoms with Gasteiger partial charge in [-0.1, -0.05) is 13.0 Å². The van der Waals surface area contributed by atoms with Crippen molar-refractivity contribution in [1.82, 2.24) is 5.32 Å². The second-order valence-electron chi connectivity index (χ2n) is 5.30. The van der Waals surface area contributed by atoms with E-state index in [-0.39, 0.29) is 11.8 Å². The fourth-order valence-electron chi connectivity index (χ4n) is 2.77. The van der Waals surface area contributed by atoms with Gasteiger partial charge in [0.05, 0.1) is 7.11 Å². The standard InChI is InChI=1S/C15H21FN2O2/c1-4-17-15(2,14(19)20-3)10-18-8-7-11-5-6-12(16)9-13(11)18/h5-6,9,17H,4,7-8,10H2,1-3H3. The van der Waals surface area contributed by atoms with Gasteiger partial charge >= 0.3 is 5.97 Å². The first-order valence-corrected chi connectivity index (χ1v) is 6.87. The van der Waals surface area contributed by atoms with E-state index in [0.29, 0.717) is 13.1 Å². The third-order valence-corrected chi connectivity index (χ3v) is 3.75. The van der Waals surface area contributed by atoms with Gasteiger partial charge in [0.15, 0.2) is 0 Å². The molecule has 5 heteroatoms. The Bertz CT molecular complexity index is 507. The van der Waals surface area contributed by atoms with Gasteiger partial charge in [-0.2, -0.15) is 0 Å². The first-order chi connectivity index (χ1) is 9.50. The van der Waals surface area contributed by atoms with E-state index in [0.717, 1.165) is 24.2 Å². The minimum Gasteiger partial charge on any atom is -0.468 e. The molecule has 1 heterocycles. The molecule has 0 saturated carbocycles. The molecule has 0 amide bonds. The number of esters is 1. The Labute approximate surface area is 118 Å². The van der Waals surface area contributed by atoms with Crippen molar-refractivity contribution < 1.29 is 13.9 Å². The summed E-state index contributed by atoms with van der Waals surface area (Å²) < 4.78 is 18.3. The van der Waals surface area contributed by atoms with Gasteiger partial charge in [0.1, 0.15) is 11.4 Å². The Morgan fingerprint density at radius 1 is 1.55 bits per heavy atom. The summed E-state index contributed by atoms with van der Waals surface area (Å²) in [4.78, 5) is 14.0. The molecule has 20 heavy (non-hydrogen) atoms.